The van der Waals surface area contributed by atoms with Gasteiger partial charge in [-0.1, -0.05) is 183 Å². The van der Waals surface area contributed by atoms with Gasteiger partial charge in [0.25, 0.3) is 0 Å². The normalized spacial score (nSPS) is 14.6. The van der Waals surface area contributed by atoms with E-state index in [0.717, 1.165) is 57.8 Å². The molecule has 0 saturated carbocycles. The fraction of sp³-hybridized carbons (Fsp3) is 0.667. The number of nitrogens with two attached hydrogens (primary N) is 1. The summed E-state index contributed by atoms with van der Waals surface area (Å²) < 4.78 is 33.0. The number of hydrogen-bond donors (Lipinski definition) is 3. The van der Waals surface area contributed by atoms with Crippen LogP contribution in [0.1, 0.15) is 174 Å². The zero-order valence-electron chi connectivity index (χ0n) is 36.8. The summed E-state index contributed by atoms with van der Waals surface area (Å²) in [5, 5.41) is 8.90. The molecule has 0 rings (SSSR count). The Morgan fingerprint density at radius 3 is 1.44 bits per heavy atom. The van der Waals surface area contributed by atoms with Crippen molar-refractivity contribution in [1.82, 2.24) is 0 Å². The molecule has 0 bridgehead atoms. The molecular formula is C48H82NO9P. The molecular weight excluding hydrogens is 766 g/mol. The van der Waals surface area contributed by atoms with Gasteiger partial charge in [0.15, 0.2) is 6.10 Å². The molecule has 0 spiro atoms. The predicted molar refractivity (Wildman–Crippen MR) is 244 cm³/mol. The molecule has 0 amide bonds. The third-order valence-corrected chi connectivity index (χ3v) is 10.2. The van der Waals surface area contributed by atoms with E-state index in [1.54, 1.807) is 6.26 Å². The summed E-state index contributed by atoms with van der Waals surface area (Å²) in [6.07, 6.45) is 56.0. The lowest BCUT2D eigenvalue weighted by molar-refractivity contribution is -0.153. The van der Waals surface area contributed by atoms with Crippen LogP contribution in [0.5, 0.6) is 0 Å². The SMILES string of the molecule is CC/C=C\C/C=C\C/C=C\C/C=C\C/C=C\C/C=C\CCC(=O)O[C@H](CO/C=C\CCCCCCCCCCCCCCCCCC)COP(=O)(O)OC[C@H](N)C(=O)O. The Hall–Kier alpha value is -3.01. The molecule has 0 aliphatic rings. The van der Waals surface area contributed by atoms with Gasteiger partial charge in [-0.3, -0.25) is 18.6 Å². The van der Waals surface area contributed by atoms with E-state index in [-0.39, 0.29) is 13.0 Å². The molecule has 0 aromatic heterocycles. The quantitative estimate of drug-likeness (QED) is 0.0178. The molecule has 3 atom stereocenters. The average molecular weight is 848 g/mol. The molecule has 0 aromatic rings. The third-order valence-electron chi connectivity index (χ3n) is 9.27. The highest BCUT2D eigenvalue weighted by Gasteiger charge is 2.27. The summed E-state index contributed by atoms with van der Waals surface area (Å²) in [6, 6.07) is -1.50. The van der Waals surface area contributed by atoms with Crippen LogP contribution < -0.4 is 5.73 Å². The number of carbonyl (C=O) groups is 2. The molecule has 0 saturated heterocycles. The summed E-state index contributed by atoms with van der Waals surface area (Å²) in [4.78, 5) is 33.5. The Kier molecular flexibility index (Phi) is 40.9. The molecule has 0 heterocycles. The number of esters is 1. The number of carbonyl (C=O) groups excluding carboxylic acids is 1. The van der Waals surface area contributed by atoms with Crippen LogP contribution in [-0.2, 0) is 32.7 Å². The molecule has 59 heavy (non-hydrogen) atoms. The highest BCUT2D eigenvalue weighted by molar-refractivity contribution is 7.47. The van der Waals surface area contributed by atoms with Gasteiger partial charge >= 0.3 is 19.8 Å². The molecule has 0 radical (unpaired) electrons. The Bertz CT molecular complexity index is 1260. The highest BCUT2D eigenvalue weighted by atomic mass is 31.2. The Morgan fingerprint density at radius 1 is 0.559 bits per heavy atom. The second-order valence-corrected chi connectivity index (χ2v) is 16.3. The van der Waals surface area contributed by atoms with Gasteiger partial charge in [-0.05, 0) is 63.9 Å². The van der Waals surface area contributed by atoms with Crippen molar-refractivity contribution >= 4 is 19.8 Å². The van der Waals surface area contributed by atoms with E-state index in [9.17, 15) is 19.0 Å². The Morgan fingerprint density at radius 2 is 0.983 bits per heavy atom. The first-order chi connectivity index (χ1) is 28.7. The van der Waals surface area contributed by atoms with E-state index in [1.807, 2.05) is 18.2 Å². The van der Waals surface area contributed by atoms with Gasteiger partial charge in [-0.15, -0.1) is 0 Å². The van der Waals surface area contributed by atoms with Crippen LogP contribution >= 0.6 is 7.82 Å². The van der Waals surface area contributed by atoms with Gasteiger partial charge in [0.2, 0.25) is 0 Å². The first-order valence-electron chi connectivity index (χ1n) is 22.7. The van der Waals surface area contributed by atoms with Gasteiger partial charge in [0.05, 0.1) is 19.5 Å². The second kappa shape index (κ2) is 43.1. The highest BCUT2D eigenvalue weighted by Crippen LogP contribution is 2.43. The van der Waals surface area contributed by atoms with E-state index in [0.29, 0.717) is 6.42 Å². The van der Waals surface area contributed by atoms with E-state index < -0.39 is 45.1 Å². The molecule has 338 valence electrons. The van der Waals surface area contributed by atoms with E-state index in [2.05, 4.69) is 74.6 Å². The maximum Gasteiger partial charge on any atom is 0.472 e. The second-order valence-electron chi connectivity index (χ2n) is 14.9. The number of phosphoric ester groups is 1. The van der Waals surface area contributed by atoms with Crippen molar-refractivity contribution in [2.75, 3.05) is 19.8 Å². The summed E-state index contributed by atoms with van der Waals surface area (Å²) in [5.74, 6) is -1.90. The number of allylic oxidation sites excluding steroid dienone is 13. The van der Waals surface area contributed by atoms with Crippen LogP contribution in [0.3, 0.4) is 0 Å². The third kappa shape index (κ3) is 42.9. The molecule has 1 unspecified atom stereocenters. The fourth-order valence-corrected chi connectivity index (χ4v) is 6.55. The molecule has 4 N–H and O–H groups in total. The fourth-order valence-electron chi connectivity index (χ4n) is 5.77. The molecule has 11 heteroatoms. The van der Waals surface area contributed by atoms with Crippen molar-refractivity contribution in [2.45, 2.75) is 187 Å². The molecule has 0 aliphatic heterocycles. The smallest absolute Gasteiger partial charge is 0.472 e. The zero-order chi connectivity index (χ0) is 43.3. The van der Waals surface area contributed by atoms with Crippen LogP contribution in [-0.4, -0.2) is 53.9 Å². The maximum absolute atomic E-state index is 12.6. The van der Waals surface area contributed by atoms with Crippen LogP contribution in [0.25, 0.3) is 0 Å². The zero-order valence-corrected chi connectivity index (χ0v) is 37.7. The molecule has 0 aromatic carbocycles. The summed E-state index contributed by atoms with van der Waals surface area (Å²) in [7, 11) is -4.66. The standard InChI is InChI=1S/C48H82NO9P/c1-3-5-7-9-11-13-15-17-19-21-23-24-26-28-30-32-34-36-38-40-47(50)58-45(43-56-59(53,54)57-44-46(49)48(51)52)42-55-41-39-37-35-33-31-29-27-25-22-20-18-16-14-12-10-8-6-4-2/h5,7,11,13,17,19,23-24,28,30,34,36,39,41,45-46H,3-4,6,8-10,12,14-16,18,20-22,25-27,29,31-33,35,37-38,40,42-44,49H2,1-2H3,(H,51,52)(H,53,54)/b7-5-,13-11-,19-17-,24-23-,30-28-,36-34-,41-39-/t45-,46+/m1/s1. The molecule has 10 nitrogen and oxygen atoms in total. The topological polar surface area (TPSA) is 155 Å². The minimum atomic E-state index is -4.66. The van der Waals surface area contributed by atoms with Crippen molar-refractivity contribution in [1.29, 1.82) is 0 Å². The van der Waals surface area contributed by atoms with Crippen LogP contribution in [0.2, 0.25) is 0 Å². The summed E-state index contributed by atoms with van der Waals surface area (Å²) in [6.45, 7) is 3.08. The average Bonchev–Trinajstić information content (AvgIpc) is 3.21. The van der Waals surface area contributed by atoms with Crippen molar-refractivity contribution < 1.29 is 42.7 Å². The monoisotopic (exact) mass is 848 g/mol. The summed E-state index contributed by atoms with van der Waals surface area (Å²) >= 11 is 0. The number of aliphatic carboxylic acids is 1. The van der Waals surface area contributed by atoms with Crippen molar-refractivity contribution in [3.8, 4) is 0 Å². The number of hydrogen-bond acceptors (Lipinski definition) is 8. The maximum atomic E-state index is 12.6. The van der Waals surface area contributed by atoms with Crippen molar-refractivity contribution in [2.24, 2.45) is 5.73 Å². The van der Waals surface area contributed by atoms with E-state index in [4.69, 9.17) is 29.4 Å². The molecule has 0 fully saturated rings. The van der Waals surface area contributed by atoms with Gasteiger partial charge in [-0.25, -0.2) is 4.57 Å². The van der Waals surface area contributed by atoms with E-state index >= 15 is 0 Å². The number of carboxylic acids is 1. The minimum Gasteiger partial charge on any atom is -0.498 e. The lowest BCUT2D eigenvalue weighted by atomic mass is 10.0. The van der Waals surface area contributed by atoms with Gasteiger partial charge in [0, 0.05) is 6.42 Å². The number of unbranched alkanes of at least 4 members (excludes halogenated alkanes) is 16. The Balaban J connectivity index is 4.40. The predicted octanol–water partition coefficient (Wildman–Crippen LogP) is 13.1. The van der Waals surface area contributed by atoms with Gasteiger partial charge in [0.1, 0.15) is 12.6 Å². The largest absolute Gasteiger partial charge is 0.498 e. The van der Waals surface area contributed by atoms with Crippen LogP contribution in [0.4, 0.5) is 0 Å². The lowest BCUT2D eigenvalue weighted by Gasteiger charge is -2.19. The van der Waals surface area contributed by atoms with Gasteiger partial charge in [-0.2, -0.15) is 0 Å². The Labute approximate surface area is 358 Å². The summed E-state index contributed by atoms with van der Waals surface area (Å²) in [5.41, 5.74) is 5.35. The number of carboxylic acid groups (broad SMARTS) is 1. The minimum absolute atomic E-state index is 0.101. The first kappa shape index (κ1) is 56.0. The number of rotatable bonds is 42. The first-order valence-corrected chi connectivity index (χ1v) is 24.2. The van der Waals surface area contributed by atoms with Gasteiger partial charge < -0.3 is 25.2 Å². The van der Waals surface area contributed by atoms with Crippen molar-refractivity contribution in [3.05, 3.63) is 85.3 Å². The molecule has 0 aliphatic carbocycles. The van der Waals surface area contributed by atoms with Crippen LogP contribution in [0.15, 0.2) is 85.3 Å². The lowest BCUT2D eigenvalue weighted by Crippen LogP contribution is -2.34. The van der Waals surface area contributed by atoms with Crippen molar-refractivity contribution in [3.63, 3.8) is 0 Å². The number of ether oxygens (including phenoxy) is 2. The van der Waals surface area contributed by atoms with Crippen LogP contribution in [0, 0.1) is 0 Å². The van der Waals surface area contributed by atoms with E-state index in [1.165, 1.54) is 89.9 Å². The number of phosphoric acid groups is 1.